The molecule has 0 unspecified atom stereocenters. The number of rotatable bonds is 4. The molecule has 0 aromatic heterocycles. The van der Waals surface area contributed by atoms with Gasteiger partial charge in [-0.05, 0) is 43.3 Å². The van der Waals surface area contributed by atoms with Gasteiger partial charge in [0.15, 0.2) is 5.78 Å². The maximum atomic E-state index is 11.7. The lowest BCUT2D eigenvalue weighted by Crippen LogP contribution is -2.44. The summed E-state index contributed by atoms with van der Waals surface area (Å²) in [5, 5.41) is 9.01. The van der Waals surface area contributed by atoms with Crippen LogP contribution in [0.15, 0.2) is 18.2 Å². The monoisotopic (exact) mass is 294 g/mol. The van der Waals surface area contributed by atoms with E-state index in [4.69, 9.17) is 9.53 Å². The Balaban J connectivity index is 3.26. The third-order valence-corrected chi connectivity index (χ3v) is 8.12. The minimum Gasteiger partial charge on any atom is -0.543 e. The van der Waals surface area contributed by atoms with Crippen LogP contribution in [-0.4, -0.2) is 25.2 Å². The molecule has 0 heterocycles. The highest BCUT2D eigenvalue weighted by atomic mass is 28.4. The van der Waals surface area contributed by atoms with Crippen molar-refractivity contribution in [3.8, 4) is 5.75 Å². The number of carbonyl (C=O) groups excluding carboxylic acids is 1. The number of carboxylic acid groups (broad SMARTS) is 1. The molecule has 110 valence electrons. The maximum Gasteiger partial charge on any atom is 0.335 e. The van der Waals surface area contributed by atoms with Gasteiger partial charge in [-0.3, -0.25) is 4.79 Å². The van der Waals surface area contributed by atoms with Crippen molar-refractivity contribution in [2.45, 2.75) is 45.8 Å². The van der Waals surface area contributed by atoms with E-state index in [1.54, 1.807) is 6.07 Å². The summed E-state index contributed by atoms with van der Waals surface area (Å²) in [7, 11) is -2.07. The van der Waals surface area contributed by atoms with Crippen LogP contribution >= 0.6 is 0 Å². The molecule has 1 aromatic rings. The van der Waals surface area contributed by atoms with Crippen molar-refractivity contribution in [2.75, 3.05) is 0 Å². The molecule has 4 nitrogen and oxygen atoms in total. The van der Waals surface area contributed by atoms with Gasteiger partial charge in [0.05, 0.1) is 11.1 Å². The lowest BCUT2D eigenvalue weighted by Gasteiger charge is -2.36. The smallest absolute Gasteiger partial charge is 0.335 e. The molecule has 0 bridgehead atoms. The largest absolute Gasteiger partial charge is 0.543 e. The van der Waals surface area contributed by atoms with E-state index in [2.05, 4.69) is 33.9 Å². The van der Waals surface area contributed by atoms with E-state index in [0.717, 1.165) is 0 Å². The predicted molar refractivity (Wildman–Crippen MR) is 81.2 cm³/mol. The zero-order valence-corrected chi connectivity index (χ0v) is 13.9. The number of hydrogen-bond acceptors (Lipinski definition) is 3. The van der Waals surface area contributed by atoms with Gasteiger partial charge in [0.25, 0.3) is 8.32 Å². The summed E-state index contributed by atoms with van der Waals surface area (Å²) in [6.07, 6.45) is 0. The zero-order valence-electron chi connectivity index (χ0n) is 12.9. The summed E-state index contributed by atoms with van der Waals surface area (Å²) >= 11 is 0. The molecule has 0 amide bonds. The van der Waals surface area contributed by atoms with E-state index >= 15 is 0 Å². The van der Waals surface area contributed by atoms with E-state index < -0.39 is 14.3 Å². The highest BCUT2D eigenvalue weighted by Crippen LogP contribution is 2.38. The van der Waals surface area contributed by atoms with Crippen molar-refractivity contribution < 1.29 is 19.1 Å². The summed E-state index contributed by atoms with van der Waals surface area (Å²) in [4.78, 5) is 22.7. The van der Waals surface area contributed by atoms with Gasteiger partial charge < -0.3 is 9.53 Å². The first-order valence-corrected chi connectivity index (χ1v) is 9.44. The molecule has 0 saturated heterocycles. The Morgan fingerprint density at radius 3 is 2.15 bits per heavy atom. The SMILES string of the molecule is CC(=O)c1cc(C(=O)O)ccc1O[Si](C)(C)C(C)(C)C. The number of carbonyl (C=O) groups is 2. The van der Waals surface area contributed by atoms with Crippen molar-refractivity contribution in [1.29, 1.82) is 0 Å². The van der Waals surface area contributed by atoms with Gasteiger partial charge in [0, 0.05) is 0 Å². The molecule has 0 fully saturated rings. The fourth-order valence-corrected chi connectivity index (χ4v) is 2.49. The van der Waals surface area contributed by atoms with Crippen molar-refractivity contribution in [3.63, 3.8) is 0 Å². The van der Waals surface area contributed by atoms with Crippen molar-refractivity contribution >= 4 is 20.1 Å². The molecule has 0 saturated carbocycles. The first-order chi connectivity index (χ1) is 8.95. The van der Waals surface area contributed by atoms with E-state index in [-0.39, 0.29) is 16.4 Å². The molecule has 0 aliphatic rings. The molecule has 0 aliphatic carbocycles. The molecule has 1 rings (SSSR count). The van der Waals surface area contributed by atoms with E-state index in [0.29, 0.717) is 11.3 Å². The van der Waals surface area contributed by atoms with Crippen LogP contribution in [0.1, 0.15) is 48.4 Å². The third-order valence-electron chi connectivity index (χ3n) is 3.78. The summed E-state index contributed by atoms with van der Waals surface area (Å²) in [6.45, 7) is 11.9. The second-order valence-corrected chi connectivity index (χ2v) is 11.2. The number of ketones is 1. The molecular weight excluding hydrogens is 272 g/mol. The number of aromatic carboxylic acids is 1. The lowest BCUT2D eigenvalue weighted by atomic mass is 10.1. The molecule has 20 heavy (non-hydrogen) atoms. The Labute approximate surface area is 120 Å². The third kappa shape index (κ3) is 3.48. The molecule has 0 atom stereocenters. The Bertz CT molecular complexity index is 541. The highest BCUT2D eigenvalue weighted by molar-refractivity contribution is 6.74. The normalized spacial score (nSPS) is 12.1. The number of hydrogen-bond donors (Lipinski definition) is 1. The second kappa shape index (κ2) is 5.40. The molecule has 1 N–H and O–H groups in total. The van der Waals surface area contributed by atoms with E-state index in [1.165, 1.54) is 19.1 Å². The standard InChI is InChI=1S/C15H22O4Si/c1-10(16)12-9-11(14(17)18)7-8-13(12)19-20(5,6)15(2,3)4/h7-9H,1-6H3,(H,17,18). The van der Waals surface area contributed by atoms with Crippen LogP contribution in [0.2, 0.25) is 18.1 Å². The molecule has 0 radical (unpaired) electrons. The summed E-state index contributed by atoms with van der Waals surface area (Å²) in [5.41, 5.74) is 0.424. The fourth-order valence-electron chi connectivity index (χ4n) is 1.46. The summed E-state index contributed by atoms with van der Waals surface area (Å²) in [5.74, 6) is -0.762. The Kier molecular flexibility index (Phi) is 4.44. The van der Waals surface area contributed by atoms with Crippen LogP contribution in [0.5, 0.6) is 5.75 Å². The van der Waals surface area contributed by atoms with Crippen molar-refractivity contribution in [2.24, 2.45) is 0 Å². The van der Waals surface area contributed by atoms with Gasteiger partial charge in [0.1, 0.15) is 5.75 Å². The van der Waals surface area contributed by atoms with Crippen molar-refractivity contribution in [1.82, 2.24) is 0 Å². The van der Waals surface area contributed by atoms with Gasteiger partial charge in [-0.1, -0.05) is 20.8 Å². The van der Waals surface area contributed by atoms with Crippen LogP contribution in [0.25, 0.3) is 0 Å². The molecule has 0 aliphatic heterocycles. The average Bonchev–Trinajstić information content (AvgIpc) is 2.26. The van der Waals surface area contributed by atoms with Crippen LogP contribution in [0, 0.1) is 0 Å². The summed E-state index contributed by atoms with van der Waals surface area (Å²) < 4.78 is 6.12. The quantitative estimate of drug-likeness (QED) is 0.674. The summed E-state index contributed by atoms with van der Waals surface area (Å²) in [6, 6.07) is 4.44. The van der Waals surface area contributed by atoms with Gasteiger partial charge >= 0.3 is 5.97 Å². The van der Waals surface area contributed by atoms with Crippen LogP contribution < -0.4 is 4.43 Å². The molecule has 1 aromatic carbocycles. The second-order valence-electron chi connectivity index (χ2n) is 6.43. The fraction of sp³-hybridized carbons (Fsp3) is 0.467. The number of benzene rings is 1. The number of carboxylic acids is 1. The highest BCUT2D eigenvalue weighted by Gasteiger charge is 2.39. The van der Waals surface area contributed by atoms with Gasteiger partial charge in [-0.15, -0.1) is 0 Å². The minimum absolute atomic E-state index is 0.00648. The first kappa shape index (κ1) is 16.4. The van der Waals surface area contributed by atoms with Crippen LogP contribution in [-0.2, 0) is 0 Å². The van der Waals surface area contributed by atoms with Crippen LogP contribution in [0.4, 0.5) is 0 Å². The predicted octanol–water partition coefficient (Wildman–Crippen LogP) is 3.97. The van der Waals surface area contributed by atoms with Crippen molar-refractivity contribution in [3.05, 3.63) is 29.3 Å². The first-order valence-electron chi connectivity index (χ1n) is 6.53. The van der Waals surface area contributed by atoms with E-state index in [9.17, 15) is 9.59 Å². The Morgan fingerprint density at radius 1 is 1.20 bits per heavy atom. The van der Waals surface area contributed by atoms with Gasteiger partial charge in [0.2, 0.25) is 0 Å². The molecular formula is C15H22O4Si. The minimum atomic E-state index is -2.07. The van der Waals surface area contributed by atoms with Gasteiger partial charge in [-0.2, -0.15) is 0 Å². The Hall–Kier alpha value is -1.62. The number of Topliss-reactive ketones (excluding diaryl/α,β-unsaturated/α-hetero) is 1. The molecule has 0 spiro atoms. The average molecular weight is 294 g/mol. The topological polar surface area (TPSA) is 63.6 Å². The van der Waals surface area contributed by atoms with E-state index in [1.807, 2.05) is 0 Å². The Morgan fingerprint density at radius 2 is 1.75 bits per heavy atom. The zero-order chi connectivity index (χ0) is 15.7. The van der Waals surface area contributed by atoms with Crippen LogP contribution in [0.3, 0.4) is 0 Å². The molecule has 5 heteroatoms. The lowest BCUT2D eigenvalue weighted by molar-refractivity contribution is 0.0697. The maximum absolute atomic E-state index is 11.7. The van der Waals surface area contributed by atoms with Gasteiger partial charge in [-0.25, -0.2) is 4.79 Å².